The van der Waals surface area contributed by atoms with Gasteiger partial charge in [0.1, 0.15) is 0 Å². The minimum absolute atomic E-state index is 0.562. The van der Waals surface area contributed by atoms with Crippen LogP contribution in [0.3, 0.4) is 0 Å². The van der Waals surface area contributed by atoms with Gasteiger partial charge in [-0.3, -0.25) is 0 Å². The average molecular weight is 191 g/mol. The SMILES string of the molecule is c1ncn(C2CC2)c1C1CCCCN1. The highest BCUT2D eigenvalue weighted by Gasteiger charge is 2.28. The van der Waals surface area contributed by atoms with Gasteiger partial charge in [-0.05, 0) is 32.2 Å². The number of rotatable bonds is 2. The summed E-state index contributed by atoms with van der Waals surface area (Å²) in [6.45, 7) is 1.17. The maximum Gasteiger partial charge on any atom is 0.0951 e. The molecule has 3 nitrogen and oxygen atoms in total. The van der Waals surface area contributed by atoms with Crippen LogP contribution in [-0.2, 0) is 0 Å². The van der Waals surface area contributed by atoms with Gasteiger partial charge in [-0.15, -0.1) is 0 Å². The number of hydrogen-bond acceptors (Lipinski definition) is 2. The summed E-state index contributed by atoms with van der Waals surface area (Å²) in [6.07, 6.45) is 10.7. The van der Waals surface area contributed by atoms with Crippen LogP contribution in [0.5, 0.6) is 0 Å². The number of imidazole rings is 1. The van der Waals surface area contributed by atoms with Gasteiger partial charge in [0, 0.05) is 18.3 Å². The topological polar surface area (TPSA) is 29.9 Å². The third kappa shape index (κ3) is 1.46. The van der Waals surface area contributed by atoms with E-state index in [2.05, 4.69) is 14.9 Å². The first-order valence-electron chi connectivity index (χ1n) is 5.70. The summed E-state index contributed by atoms with van der Waals surface area (Å²) in [6, 6.07) is 1.32. The van der Waals surface area contributed by atoms with Gasteiger partial charge < -0.3 is 9.88 Å². The Morgan fingerprint density at radius 2 is 2.21 bits per heavy atom. The van der Waals surface area contributed by atoms with E-state index in [0.29, 0.717) is 6.04 Å². The lowest BCUT2D eigenvalue weighted by atomic mass is 10.0. The first-order chi connectivity index (χ1) is 6.95. The number of nitrogens with one attached hydrogen (secondary N) is 1. The summed E-state index contributed by atoms with van der Waals surface area (Å²) in [7, 11) is 0. The second-order valence-corrected chi connectivity index (χ2v) is 4.46. The van der Waals surface area contributed by atoms with Crippen LogP contribution in [0.2, 0.25) is 0 Å². The smallest absolute Gasteiger partial charge is 0.0951 e. The van der Waals surface area contributed by atoms with Gasteiger partial charge in [0.25, 0.3) is 0 Å². The van der Waals surface area contributed by atoms with Crippen molar-refractivity contribution >= 4 is 0 Å². The average Bonchev–Trinajstić information content (AvgIpc) is 2.98. The maximum absolute atomic E-state index is 4.28. The molecule has 2 fully saturated rings. The zero-order valence-electron chi connectivity index (χ0n) is 8.45. The predicted molar refractivity (Wildman–Crippen MR) is 55.1 cm³/mol. The van der Waals surface area contributed by atoms with Gasteiger partial charge in [-0.1, -0.05) is 6.42 Å². The van der Waals surface area contributed by atoms with Crippen molar-refractivity contribution < 1.29 is 0 Å². The lowest BCUT2D eigenvalue weighted by Gasteiger charge is -2.24. The molecule has 0 amide bonds. The molecule has 1 saturated heterocycles. The molecule has 1 unspecified atom stereocenters. The van der Waals surface area contributed by atoms with Crippen molar-refractivity contribution in [1.29, 1.82) is 0 Å². The molecule has 2 aliphatic rings. The molecule has 1 saturated carbocycles. The van der Waals surface area contributed by atoms with Crippen molar-refractivity contribution in [2.24, 2.45) is 0 Å². The summed E-state index contributed by atoms with van der Waals surface area (Å²) >= 11 is 0. The molecular formula is C11H17N3. The maximum atomic E-state index is 4.28. The Hall–Kier alpha value is -0.830. The van der Waals surface area contributed by atoms with Crippen LogP contribution in [0.15, 0.2) is 12.5 Å². The predicted octanol–water partition coefficient (Wildman–Crippen LogP) is 2.03. The first-order valence-corrected chi connectivity index (χ1v) is 5.70. The van der Waals surface area contributed by atoms with E-state index >= 15 is 0 Å². The van der Waals surface area contributed by atoms with E-state index < -0.39 is 0 Å². The second kappa shape index (κ2) is 3.39. The molecule has 0 radical (unpaired) electrons. The largest absolute Gasteiger partial charge is 0.330 e. The minimum Gasteiger partial charge on any atom is -0.330 e. The van der Waals surface area contributed by atoms with Gasteiger partial charge in [0.15, 0.2) is 0 Å². The number of piperidine rings is 1. The van der Waals surface area contributed by atoms with E-state index in [1.165, 1.54) is 44.3 Å². The molecular weight excluding hydrogens is 174 g/mol. The highest BCUT2D eigenvalue weighted by atomic mass is 15.1. The lowest BCUT2D eigenvalue weighted by molar-refractivity contribution is 0.393. The van der Waals surface area contributed by atoms with Crippen LogP contribution in [-0.4, -0.2) is 16.1 Å². The monoisotopic (exact) mass is 191 g/mol. The quantitative estimate of drug-likeness (QED) is 0.775. The van der Waals surface area contributed by atoms with Gasteiger partial charge >= 0.3 is 0 Å². The fourth-order valence-corrected chi connectivity index (χ4v) is 2.35. The standard InChI is InChI=1S/C11H17N3/c1-2-6-13-10(3-1)11-7-12-8-14(11)9-4-5-9/h7-10,13H,1-6H2. The molecule has 0 bridgehead atoms. The molecule has 0 spiro atoms. The van der Waals surface area contributed by atoms with E-state index in [-0.39, 0.29) is 0 Å². The minimum atomic E-state index is 0.562. The Morgan fingerprint density at radius 3 is 2.93 bits per heavy atom. The fraction of sp³-hybridized carbons (Fsp3) is 0.727. The van der Waals surface area contributed by atoms with E-state index in [0.717, 1.165) is 6.04 Å². The molecule has 1 aliphatic carbocycles. The second-order valence-electron chi connectivity index (χ2n) is 4.46. The van der Waals surface area contributed by atoms with E-state index in [9.17, 15) is 0 Å². The van der Waals surface area contributed by atoms with Crippen LogP contribution in [0, 0.1) is 0 Å². The van der Waals surface area contributed by atoms with E-state index in [1.54, 1.807) is 0 Å². The highest BCUT2D eigenvalue weighted by molar-refractivity contribution is 5.09. The van der Waals surface area contributed by atoms with Gasteiger partial charge in [0.05, 0.1) is 12.0 Å². The van der Waals surface area contributed by atoms with Crippen molar-refractivity contribution in [3.05, 3.63) is 18.2 Å². The zero-order chi connectivity index (χ0) is 9.38. The van der Waals surface area contributed by atoms with Crippen molar-refractivity contribution in [2.45, 2.75) is 44.2 Å². The fourth-order valence-electron chi connectivity index (χ4n) is 2.35. The Balaban J connectivity index is 1.82. The molecule has 3 heteroatoms. The number of hydrogen-bond donors (Lipinski definition) is 1. The van der Waals surface area contributed by atoms with Crippen LogP contribution in [0.25, 0.3) is 0 Å². The molecule has 76 valence electrons. The lowest BCUT2D eigenvalue weighted by Crippen LogP contribution is -2.28. The van der Waals surface area contributed by atoms with Crippen LogP contribution >= 0.6 is 0 Å². The summed E-state index contributed by atoms with van der Waals surface area (Å²) < 4.78 is 2.38. The van der Waals surface area contributed by atoms with E-state index in [4.69, 9.17) is 0 Å². The molecule has 1 atom stereocenters. The van der Waals surface area contributed by atoms with Crippen LogP contribution in [0.4, 0.5) is 0 Å². The highest BCUT2D eigenvalue weighted by Crippen LogP contribution is 2.37. The molecule has 0 aromatic carbocycles. The molecule has 1 aliphatic heterocycles. The van der Waals surface area contributed by atoms with Gasteiger partial charge in [-0.2, -0.15) is 0 Å². The van der Waals surface area contributed by atoms with E-state index in [1.807, 2.05) is 12.5 Å². The third-order valence-electron chi connectivity index (χ3n) is 3.30. The molecule has 1 N–H and O–H groups in total. The molecule has 1 aromatic rings. The zero-order valence-corrected chi connectivity index (χ0v) is 8.45. The molecule has 2 heterocycles. The Kier molecular flexibility index (Phi) is 2.05. The number of aromatic nitrogens is 2. The van der Waals surface area contributed by atoms with Crippen molar-refractivity contribution in [3.8, 4) is 0 Å². The number of nitrogens with zero attached hydrogens (tertiary/aromatic N) is 2. The van der Waals surface area contributed by atoms with Gasteiger partial charge in [-0.25, -0.2) is 4.98 Å². The normalized spacial score (nSPS) is 27.9. The third-order valence-corrected chi connectivity index (χ3v) is 3.30. The first kappa shape index (κ1) is 8.48. The van der Waals surface area contributed by atoms with Crippen molar-refractivity contribution in [1.82, 2.24) is 14.9 Å². The van der Waals surface area contributed by atoms with Crippen molar-refractivity contribution in [2.75, 3.05) is 6.54 Å². The Morgan fingerprint density at radius 1 is 1.29 bits per heavy atom. The molecule has 3 rings (SSSR count). The molecule has 1 aromatic heterocycles. The summed E-state index contributed by atoms with van der Waals surface area (Å²) in [5.74, 6) is 0. The summed E-state index contributed by atoms with van der Waals surface area (Å²) in [5.41, 5.74) is 1.41. The molecule has 14 heavy (non-hydrogen) atoms. The van der Waals surface area contributed by atoms with Crippen LogP contribution in [0.1, 0.15) is 49.9 Å². The Bertz CT molecular complexity index is 308. The van der Waals surface area contributed by atoms with Crippen LogP contribution < -0.4 is 5.32 Å². The van der Waals surface area contributed by atoms with Crippen molar-refractivity contribution in [3.63, 3.8) is 0 Å². The summed E-state index contributed by atoms with van der Waals surface area (Å²) in [4.78, 5) is 4.28. The Labute approximate surface area is 84.5 Å². The summed E-state index contributed by atoms with van der Waals surface area (Å²) in [5, 5.41) is 3.58. The van der Waals surface area contributed by atoms with Gasteiger partial charge in [0.2, 0.25) is 0 Å².